The largest absolute Gasteiger partial charge is 0.247 e. The van der Waals surface area contributed by atoms with Gasteiger partial charge in [0.05, 0.1) is 11.2 Å². The van der Waals surface area contributed by atoms with Crippen LogP contribution >= 0.6 is 7.92 Å². The molecule has 244 valence electrons. The molecule has 0 aliphatic carbocycles. The van der Waals surface area contributed by atoms with Crippen molar-refractivity contribution in [2.24, 2.45) is 0 Å². The highest BCUT2D eigenvalue weighted by molar-refractivity contribution is 7.79. The Morgan fingerprint density at radius 3 is 1.50 bits per heavy atom. The standard InChI is InChI=1S/C49H31FNP/c50-45-30-29-43(39-19-7-10-20-40(39)45)49-48-42-22-12-9-18-38(42)37-17-8-11-21-41(37)47(48)44-28-25-33(31-46(44)51-49)32-23-26-36(27-24-32)52(34-13-3-1-4-14-34)35-15-5-2-6-16-35/h1-31H. The number of halogens is 1. The van der Waals surface area contributed by atoms with Crippen molar-refractivity contribution in [2.75, 3.05) is 0 Å². The van der Waals surface area contributed by atoms with Gasteiger partial charge in [0.1, 0.15) is 5.82 Å². The fourth-order valence-electron chi connectivity index (χ4n) is 7.93. The van der Waals surface area contributed by atoms with E-state index in [1.54, 1.807) is 6.07 Å². The Hall–Kier alpha value is -6.21. The van der Waals surface area contributed by atoms with E-state index >= 15 is 4.39 Å². The molecule has 0 unspecified atom stereocenters. The molecule has 52 heavy (non-hydrogen) atoms. The summed E-state index contributed by atoms with van der Waals surface area (Å²) in [6, 6.07) is 65.8. The normalized spacial score (nSPS) is 11.7. The number of benzene rings is 9. The fraction of sp³-hybridized carbons (Fsp3) is 0. The molecule has 0 N–H and O–H groups in total. The summed E-state index contributed by atoms with van der Waals surface area (Å²) in [4.78, 5) is 5.50. The van der Waals surface area contributed by atoms with Crippen LogP contribution in [0.4, 0.5) is 4.39 Å². The number of hydrogen-bond acceptors (Lipinski definition) is 1. The third kappa shape index (κ3) is 4.99. The van der Waals surface area contributed by atoms with Crippen molar-refractivity contribution in [1.29, 1.82) is 0 Å². The summed E-state index contributed by atoms with van der Waals surface area (Å²) >= 11 is 0. The van der Waals surface area contributed by atoms with Gasteiger partial charge in [0.2, 0.25) is 0 Å². The zero-order valence-corrected chi connectivity index (χ0v) is 29.1. The Morgan fingerprint density at radius 1 is 0.365 bits per heavy atom. The van der Waals surface area contributed by atoms with Crippen LogP contribution in [0.15, 0.2) is 188 Å². The monoisotopic (exact) mass is 683 g/mol. The second kappa shape index (κ2) is 12.5. The van der Waals surface area contributed by atoms with Crippen molar-refractivity contribution < 1.29 is 4.39 Å². The summed E-state index contributed by atoms with van der Waals surface area (Å²) in [5.74, 6) is -0.228. The molecule has 0 aliphatic heterocycles. The quantitative estimate of drug-likeness (QED) is 0.130. The van der Waals surface area contributed by atoms with E-state index in [2.05, 4.69) is 152 Å². The van der Waals surface area contributed by atoms with E-state index in [9.17, 15) is 0 Å². The highest BCUT2D eigenvalue weighted by atomic mass is 31.1. The summed E-state index contributed by atoms with van der Waals surface area (Å²) in [5, 5.41) is 13.5. The summed E-state index contributed by atoms with van der Waals surface area (Å²) in [6.07, 6.45) is 0. The molecule has 0 spiro atoms. The molecular formula is C49H31FNP. The minimum absolute atomic E-state index is 0.228. The van der Waals surface area contributed by atoms with E-state index < -0.39 is 7.92 Å². The summed E-state index contributed by atoms with van der Waals surface area (Å²) in [7, 11) is -0.694. The molecule has 0 saturated heterocycles. The van der Waals surface area contributed by atoms with Gasteiger partial charge in [-0.1, -0.05) is 170 Å². The molecule has 10 aromatic rings. The Bertz CT molecular complexity index is 2920. The molecule has 3 heteroatoms. The molecule has 0 atom stereocenters. The van der Waals surface area contributed by atoms with Crippen LogP contribution in [-0.4, -0.2) is 4.98 Å². The lowest BCUT2D eigenvalue weighted by Gasteiger charge is -2.20. The number of nitrogens with zero attached hydrogens (tertiary/aromatic N) is 1. The molecule has 0 amide bonds. The molecule has 9 aromatic carbocycles. The lowest BCUT2D eigenvalue weighted by Crippen LogP contribution is -2.20. The maximum Gasteiger partial charge on any atom is 0.131 e. The first-order chi connectivity index (χ1) is 25.7. The zero-order chi connectivity index (χ0) is 34.6. The first-order valence-electron chi connectivity index (χ1n) is 17.6. The van der Waals surface area contributed by atoms with Gasteiger partial charge in [0.15, 0.2) is 0 Å². The fourth-order valence-corrected chi connectivity index (χ4v) is 10.2. The molecule has 1 heterocycles. The SMILES string of the molecule is Fc1ccc(-c2nc3cc(-c4ccc(P(c5ccccc5)c5ccccc5)cc4)ccc3c3c4ccccc4c4ccccc4c23)c2ccccc12. The van der Waals surface area contributed by atoms with Gasteiger partial charge in [0.25, 0.3) is 0 Å². The van der Waals surface area contributed by atoms with Crippen LogP contribution in [0.1, 0.15) is 0 Å². The summed E-state index contributed by atoms with van der Waals surface area (Å²) in [5.41, 5.74) is 4.95. The molecule has 0 fully saturated rings. The maximum atomic E-state index is 15.2. The van der Waals surface area contributed by atoms with Crippen LogP contribution in [0.25, 0.3) is 76.4 Å². The van der Waals surface area contributed by atoms with Gasteiger partial charge in [0, 0.05) is 27.1 Å². The third-order valence-electron chi connectivity index (χ3n) is 10.3. The third-order valence-corrected chi connectivity index (χ3v) is 12.7. The van der Waals surface area contributed by atoms with Gasteiger partial charge in [-0.05, 0) is 80.1 Å². The van der Waals surface area contributed by atoms with Gasteiger partial charge in [-0.2, -0.15) is 0 Å². The van der Waals surface area contributed by atoms with E-state index in [0.717, 1.165) is 49.4 Å². The lowest BCUT2D eigenvalue weighted by molar-refractivity contribution is 0.640. The number of fused-ring (bicyclic) bond motifs is 9. The summed E-state index contributed by atoms with van der Waals surface area (Å²) < 4.78 is 15.2. The minimum Gasteiger partial charge on any atom is -0.247 e. The molecule has 0 aliphatic rings. The van der Waals surface area contributed by atoms with Crippen LogP contribution in [0.3, 0.4) is 0 Å². The number of aromatic nitrogens is 1. The number of hydrogen-bond donors (Lipinski definition) is 0. The van der Waals surface area contributed by atoms with Crippen molar-refractivity contribution in [2.45, 2.75) is 0 Å². The van der Waals surface area contributed by atoms with E-state index in [1.165, 1.54) is 37.5 Å². The van der Waals surface area contributed by atoms with Crippen molar-refractivity contribution in [3.8, 4) is 22.4 Å². The van der Waals surface area contributed by atoms with Gasteiger partial charge >= 0.3 is 0 Å². The second-order valence-electron chi connectivity index (χ2n) is 13.2. The average molecular weight is 684 g/mol. The van der Waals surface area contributed by atoms with Crippen LogP contribution in [0.2, 0.25) is 0 Å². The van der Waals surface area contributed by atoms with Gasteiger partial charge in [-0.15, -0.1) is 0 Å². The van der Waals surface area contributed by atoms with Crippen molar-refractivity contribution in [3.05, 3.63) is 194 Å². The highest BCUT2D eigenvalue weighted by Crippen LogP contribution is 2.45. The molecule has 0 radical (unpaired) electrons. The number of pyridine rings is 1. The predicted octanol–water partition coefficient (Wildman–Crippen LogP) is 12.1. The van der Waals surface area contributed by atoms with Crippen LogP contribution < -0.4 is 15.9 Å². The van der Waals surface area contributed by atoms with Crippen LogP contribution in [-0.2, 0) is 0 Å². The zero-order valence-electron chi connectivity index (χ0n) is 28.2. The van der Waals surface area contributed by atoms with Crippen molar-refractivity contribution in [1.82, 2.24) is 4.98 Å². The van der Waals surface area contributed by atoms with E-state index in [1.807, 2.05) is 30.3 Å². The van der Waals surface area contributed by atoms with E-state index in [0.29, 0.717) is 5.39 Å². The Balaban J connectivity index is 1.21. The molecule has 0 saturated carbocycles. The second-order valence-corrected chi connectivity index (χ2v) is 15.4. The Labute approximate surface area is 302 Å². The maximum absolute atomic E-state index is 15.2. The number of rotatable bonds is 5. The van der Waals surface area contributed by atoms with Crippen molar-refractivity contribution >= 4 is 77.8 Å². The Kier molecular flexibility index (Phi) is 7.37. The van der Waals surface area contributed by atoms with E-state index in [4.69, 9.17) is 4.98 Å². The molecular weight excluding hydrogens is 653 g/mol. The van der Waals surface area contributed by atoms with Crippen LogP contribution in [0, 0.1) is 5.82 Å². The molecule has 1 nitrogen and oxygen atoms in total. The topological polar surface area (TPSA) is 12.9 Å². The molecule has 1 aromatic heterocycles. The van der Waals surface area contributed by atoms with Gasteiger partial charge in [-0.3, -0.25) is 0 Å². The van der Waals surface area contributed by atoms with Gasteiger partial charge in [-0.25, -0.2) is 9.37 Å². The van der Waals surface area contributed by atoms with Crippen LogP contribution in [0.5, 0.6) is 0 Å². The summed E-state index contributed by atoms with van der Waals surface area (Å²) in [6.45, 7) is 0. The Morgan fingerprint density at radius 2 is 0.865 bits per heavy atom. The smallest absolute Gasteiger partial charge is 0.131 e. The lowest BCUT2D eigenvalue weighted by atomic mass is 9.88. The predicted molar refractivity (Wildman–Crippen MR) is 221 cm³/mol. The first-order valence-corrected chi connectivity index (χ1v) is 18.9. The van der Waals surface area contributed by atoms with Gasteiger partial charge < -0.3 is 0 Å². The highest BCUT2D eigenvalue weighted by Gasteiger charge is 2.20. The van der Waals surface area contributed by atoms with E-state index in [-0.39, 0.29) is 5.82 Å². The first kappa shape index (κ1) is 30.6. The van der Waals surface area contributed by atoms with Crippen molar-refractivity contribution in [3.63, 3.8) is 0 Å². The molecule has 0 bridgehead atoms. The molecule has 10 rings (SSSR count). The average Bonchev–Trinajstić information content (AvgIpc) is 3.22. The minimum atomic E-state index is -0.694.